The molecule has 140 valence electrons. The summed E-state index contributed by atoms with van der Waals surface area (Å²) in [5.41, 5.74) is 2.62. The number of rotatable bonds is 4. The molecule has 0 unspecified atom stereocenters. The Kier molecular flexibility index (Phi) is 5.29. The van der Waals surface area contributed by atoms with Crippen molar-refractivity contribution in [2.45, 2.75) is 57.3 Å². The Bertz CT molecular complexity index is 886. The first-order valence-electron chi connectivity index (χ1n) is 9.28. The Morgan fingerprint density at radius 3 is 3.08 bits per heavy atom. The van der Waals surface area contributed by atoms with Gasteiger partial charge in [-0.25, -0.2) is 14.3 Å². The summed E-state index contributed by atoms with van der Waals surface area (Å²) in [7, 11) is 1.74. The molecule has 2 aromatic rings. The van der Waals surface area contributed by atoms with E-state index in [1.807, 2.05) is 10.6 Å². The van der Waals surface area contributed by atoms with Crippen LogP contribution in [-0.2, 0) is 16.0 Å². The van der Waals surface area contributed by atoms with Crippen LogP contribution >= 0.6 is 15.9 Å². The molecule has 0 spiro atoms. The molecule has 2 aliphatic rings. The number of halogens is 1. The van der Waals surface area contributed by atoms with Crippen LogP contribution in [0.3, 0.4) is 0 Å². The number of pyridine rings is 1. The van der Waals surface area contributed by atoms with Crippen molar-refractivity contribution in [2.75, 3.05) is 13.7 Å². The lowest BCUT2D eigenvalue weighted by Crippen LogP contribution is -2.36. The monoisotopic (exact) mass is 421 g/mol. The molecule has 0 bridgehead atoms. The van der Waals surface area contributed by atoms with E-state index in [1.165, 1.54) is 6.42 Å². The summed E-state index contributed by atoms with van der Waals surface area (Å²) < 4.78 is 15.9. The highest BCUT2D eigenvalue weighted by atomic mass is 79.9. The SMILES string of the molecule is CO[C@@H]1CCO[C@H](Cn2c(=O)n(C3=CCCCC3)c3ncc(Br)cc32)C1. The lowest BCUT2D eigenvalue weighted by Gasteiger charge is -2.28. The Hall–Kier alpha value is -1.44. The van der Waals surface area contributed by atoms with Gasteiger partial charge < -0.3 is 9.47 Å². The first kappa shape index (κ1) is 17.9. The van der Waals surface area contributed by atoms with Crippen LogP contribution in [0.1, 0.15) is 38.5 Å². The molecule has 0 radical (unpaired) electrons. The molecule has 6 nitrogen and oxygen atoms in total. The van der Waals surface area contributed by atoms with E-state index < -0.39 is 0 Å². The zero-order chi connectivity index (χ0) is 18.1. The standard InChI is InChI=1S/C19H24BrN3O3/c1-25-15-7-8-26-16(10-15)12-22-17-9-13(20)11-21-18(17)23(19(22)24)14-5-3-2-4-6-14/h5,9,11,15-16H,2-4,6-8,10,12H2,1H3/t15-,16+/m1/s1. The molecule has 26 heavy (non-hydrogen) atoms. The second kappa shape index (κ2) is 7.66. The van der Waals surface area contributed by atoms with Crippen LogP contribution < -0.4 is 5.69 Å². The molecule has 0 aromatic carbocycles. The summed E-state index contributed by atoms with van der Waals surface area (Å²) in [5.74, 6) is 0. The van der Waals surface area contributed by atoms with Gasteiger partial charge in [0.2, 0.25) is 0 Å². The zero-order valence-electron chi connectivity index (χ0n) is 15.0. The van der Waals surface area contributed by atoms with E-state index >= 15 is 0 Å². The molecule has 0 amide bonds. The summed E-state index contributed by atoms with van der Waals surface area (Å²) in [5, 5.41) is 0. The van der Waals surface area contributed by atoms with Crippen LogP contribution in [0.5, 0.6) is 0 Å². The van der Waals surface area contributed by atoms with Gasteiger partial charge in [0.05, 0.1) is 24.3 Å². The highest BCUT2D eigenvalue weighted by Crippen LogP contribution is 2.26. The quantitative estimate of drug-likeness (QED) is 0.756. The van der Waals surface area contributed by atoms with Gasteiger partial charge in [-0.05, 0) is 54.1 Å². The van der Waals surface area contributed by atoms with E-state index in [0.717, 1.165) is 53.4 Å². The summed E-state index contributed by atoms with van der Waals surface area (Å²) in [6, 6.07) is 1.97. The first-order chi connectivity index (χ1) is 12.7. The predicted octanol–water partition coefficient (Wildman–Crippen LogP) is 3.57. The maximum absolute atomic E-state index is 13.3. The highest BCUT2D eigenvalue weighted by molar-refractivity contribution is 9.10. The van der Waals surface area contributed by atoms with Crippen molar-refractivity contribution in [1.29, 1.82) is 0 Å². The topological polar surface area (TPSA) is 58.3 Å². The largest absolute Gasteiger partial charge is 0.381 e. The summed E-state index contributed by atoms with van der Waals surface area (Å²) in [4.78, 5) is 17.8. The number of methoxy groups -OCH3 is 1. The van der Waals surface area contributed by atoms with Gasteiger partial charge in [-0.2, -0.15) is 0 Å². The van der Waals surface area contributed by atoms with Crippen LogP contribution in [0.25, 0.3) is 16.9 Å². The van der Waals surface area contributed by atoms with E-state index in [0.29, 0.717) is 13.2 Å². The van der Waals surface area contributed by atoms with Gasteiger partial charge in [0.25, 0.3) is 0 Å². The van der Waals surface area contributed by atoms with E-state index in [1.54, 1.807) is 17.9 Å². The lowest BCUT2D eigenvalue weighted by molar-refractivity contribution is -0.0638. The number of fused-ring (bicyclic) bond motifs is 1. The van der Waals surface area contributed by atoms with Gasteiger partial charge in [0.1, 0.15) is 0 Å². The van der Waals surface area contributed by atoms with Crippen molar-refractivity contribution in [3.8, 4) is 0 Å². The Morgan fingerprint density at radius 2 is 2.31 bits per heavy atom. The molecule has 3 heterocycles. The molecule has 7 heteroatoms. The van der Waals surface area contributed by atoms with Gasteiger partial charge in [-0.3, -0.25) is 4.57 Å². The van der Waals surface area contributed by atoms with Crippen LogP contribution in [0.4, 0.5) is 0 Å². The smallest absolute Gasteiger partial charge is 0.334 e. The third-order valence-electron chi connectivity index (χ3n) is 5.33. The summed E-state index contributed by atoms with van der Waals surface area (Å²) in [6.45, 7) is 1.19. The lowest BCUT2D eigenvalue weighted by atomic mass is 10.0. The molecule has 1 aliphatic carbocycles. The highest BCUT2D eigenvalue weighted by Gasteiger charge is 2.26. The molecule has 2 atom stereocenters. The van der Waals surface area contributed by atoms with Crippen molar-refractivity contribution >= 4 is 32.8 Å². The second-order valence-electron chi connectivity index (χ2n) is 7.04. The van der Waals surface area contributed by atoms with E-state index in [2.05, 4.69) is 27.0 Å². The van der Waals surface area contributed by atoms with Crippen molar-refractivity contribution < 1.29 is 9.47 Å². The normalized spacial score (nSPS) is 24.0. The van der Waals surface area contributed by atoms with Crippen LogP contribution in [0.15, 0.2) is 27.6 Å². The Morgan fingerprint density at radius 1 is 1.42 bits per heavy atom. The number of allylic oxidation sites excluding steroid dienone is 2. The first-order valence-corrected chi connectivity index (χ1v) is 10.1. The minimum atomic E-state index is -0.0260. The van der Waals surface area contributed by atoms with Crippen molar-refractivity contribution in [2.24, 2.45) is 0 Å². The van der Waals surface area contributed by atoms with E-state index in [9.17, 15) is 4.79 Å². The molecule has 1 aliphatic heterocycles. The molecular formula is C19H24BrN3O3. The van der Waals surface area contributed by atoms with Crippen molar-refractivity contribution in [1.82, 2.24) is 14.1 Å². The Balaban J connectivity index is 1.76. The number of ether oxygens (including phenoxy) is 2. The number of hydrogen-bond acceptors (Lipinski definition) is 4. The molecule has 0 saturated carbocycles. The van der Waals surface area contributed by atoms with Crippen LogP contribution in [0.2, 0.25) is 0 Å². The fraction of sp³-hybridized carbons (Fsp3) is 0.579. The minimum absolute atomic E-state index is 0.0234. The maximum atomic E-state index is 13.3. The molecule has 1 saturated heterocycles. The van der Waals surface area contributed by atoms with Gasteiger partial charge in [0.15, 0.2) is 5.65 Å². The fourth-order valence-electron chi connectivity index (χ4n) is 3.96. The van der Waals surface area contributed by atoms with Crippen LogP contribution in [0, 0.1) is 0 Å². The zero-order valence-corrected chi connectivity index (χ0v) is 16.6. The summed E-state index contributed by atoms with van der Waals surface area (Å²) in [6.07, 6.45) is 10.1. The average Bonchev–Trinajstić information content (AvgIpc) is 2.94. The molecule has 4 rings (SSSR count). The van der Waals surface area contributed by atoms with Gasteiger partial charge in [-0.15, -0.1) is 0 Å². The number of imidazole rings is 1. The molecule has 0 N–H and O–H groups in total. The van der Waals surface area contributed by atoms with E-state index in [4.69, 9.17) is 9.47 Å². The molecule has 2 aromatic heterocycles. The number of aromatic nitrogens is 3. The van der Waals surface area contributed by atoms with Gasteiger partial charge in [0, 0.05) is 36.5 Å². The second-order valence-corrected chi connectivity index (χ2v) is 7.96. The minimum Gasteiger partial charge on any atom is -0.381 e. The number of nitrogens with zero attached hydrogens (tertiary/aromatic N) is 3. The molecule has 1 fully saturated rings. The van der Waals surface area contributed by atoms with Crippen LogP contribution in [-0.4, -0.2) is 40.0 Å². The molecular weight excluding hydrogens is 398 g/mol. The van der Waals surface area contributed by atoms with Crippen molar-refractivity contribution in [3.63, 3.8) is 0 Å². The van der Waals surface area contributed by atoms with Gasteiger partial charge >= 0.3 is 5.69 Å². The summed E-state index contributed by atoms with van der Waals surface area (Å²) >= 11 is 3.49. The fourth-order valence-corrected chi connectivity index (χ4v) is 4.28. The maximum Gasteiger partial charge on any atom is 0.334 e. The third-order valence-corrected chi connectivity index (χ3v) is 5.77. The number of hydrogen-bond donors (Lipinski definition) is 0. The third kappa shape index (κ3) is 3.40. The van der Waals surface area contributed by atoms with Gasteiger partial charge in [-0.1, -0.05) is 6.08 Å². The average molecular weight is 422 g/mol. The Labute approximate surface area is 160 Å². The van der Waals surface area contributed by atoms with E-state index in [-0.39, 0.29) is 17.9 Å². The van der Waals surface area contributed by atoms with Crippen molar-refractivity contribution in [3.05, 3.63) is 33.3 Å². The predicted molar refractivity (Wildman–Crippen MR) is 104 cm³/mol.